The highest BCUT2D eigenvalue weighted by atomic mass is 19.1. The first kappa shape index (κ1) is 12.5. The van der Waals surface area contributed by atoms with Crippen molar-refractivity contribution in [3.05, 3.63) is 29.8 Å². The topological polar surface area (TPSA) is 82.5 Å². The summed E-state index contributed by atoms with van der Waals surface area (Å²) >= 11 is 0. The molecule has 1 amide bonds. The molecule has 1 rings (SSSR count). The first-order chi connectivity index (χ1) is 7.44. The van der Waals surface area contributed by atoms with Gasteiger partial charge in [-0.3, -0.25) is 4.79 Å². The SMILES string of the molecule is CC(O)(CO)CNC(=O)c1cccc(F)n1. The average molecular weight is 228 g/mol. The second-order valence-electron chi connectivity index (χ2n) is 3.68. The summed E-state index contributed by atoms with van der Waals surface area (Å²) in [7, 11) is 0. The van der Waals surface area contributed by atoms with Crippen molar-refractivity contribution >= 4 is 5.91 Å². The normalized spacial score (nSPS) is 14.2. The number of nitrogens with one attached hydrogen (secondary N) is 1. The second kappa shape index (κ2) is 5.00. The van der Waals surface area contributed by atoms with Gasteiger partial charge in [-0.1, -0.05) is 6.07 Å². The molecular formula is C10H13FN2O3. The number of aromatic nitrogens is 1. The van der Waals surface area contributed by atoms with Crippen molar-refractivity contribution in [3.63, 3.8) is 0 Å². The van der Waals surface area contributed by atoms with Gasteiger partial charge in [0.15, 0.2) is 0 Å². The number of halogens is 1. The van der Waals surface area contributed by atoms with Crippen LogP contribution in [0.1, 0.15) is 17.4 Å². The lowest BCUT2D eigenvalue weighted by atomic mass is 10.1. The fourth-order valence-electron chi connectivity index (χ4n) is 0.952. The highest BCUT2D eigenvalue weighted by molar-refractivity contribution is 5.92. The van der Waals surface area contributed by atoms with Gasteiger partial charge in [-0.25, -0.2) is 4.98 Å². The Morgan fingerprint density at radius 2 is 2.31 bits per heavy atom. The summed E-state index contributed by atoms with van der Waals surface area (Å²) in [4.78, 5) is 14.8. The van der Waals surface area contributed by atoms with E-state index in [9.17, 15) is 14.3 Å². The Labute approximate surface area is 91.9 Å². The summed E-state index contributed by atoms with van der Waals surface area (Å²) in [5.41, 5.74) is -1.48. The maximum Gasteiger partial charge on any atom is 0.270 e. The number of hydrogen-bond acceptors (Lipinski definition) is 4. The maximum atomic E-state index is 12.7. The summed E-state index contributed by atoms with van der Waals surface area (Å²) in [5, 5.41) is 20.5. The van der Waals surface area contributed by atoms with Gasteiger partial charge in [0.25, 0.3) is 5.91 Å². The van der Waals surface area contributed by atoms with E-state index in [-0.39, 0.29) is 12.2 Å². The zero-order valence-electron chi connectivity index (χ0n) is 8.77. The zero-order valence-corrected chi connectivity index (χ0v) is 8.77. The van der Waals surface area contributed by atoms with E-state index in [2.05, 4.69) is 10.3 Å². The van der Waals surface area contributed by atoms with Crippen LogP contribution < -0.4 is 5.32 Å². The lowest BCUT2D eigenvalue weighted by molar-refractivity contribution is 0.00315. The van der Waals surface area contributed by atoms with E-state index < -0.39 is 24.1 Å². The fourth-order valence-corrected chi connectivity index (χ4v) is 0.952. The molecule has 5 nitrogen and oxygen atoms in total. The first-order valence-electron chi connectivity index (χ1n) is 4.68. The molecule has 0 fully saturated rings. The van der Waals surface area contributed by atoms with E-state index >= 15 is 0 Å². The quantitative estimate of drug-likeness (QED) is 0.617. The van der Waals surface area contributed by atoms with Gasteiger partial charge in [0.1, 0.15) is 11.3 Å². The number of hydrogen-bond donors (Lipinski definition) is 3. The Kier molecular flexibility index (Phi) is 3.92. The van der Waals surface area contributed by atoms with Crippen LogP contribution in [-0.4, -0.2) is 39.9 Å². The molecule has 6 heteroatoms. The van der Waals surface area contributed by atoms with Crippen LogP contribution in [0, 0.1) is 5.95 Å². The van der Waals surface area contributed by atoms with Crippen LogP contribution in [0.4, 0.5) is 4.39 Å². The van der Waals surface area contributed by atoms with Crippen LogP contribution in [0.25, 0.3) is 0 Å². The second-order valence-corrected chi connectivity index (χ2v) is 3.68. The Morgan fingerprint density at radius 1 is 1.62 bits per heavy atom. The van der Waals surface area contributed by atoms with Crippen molar-refractivity contribution in [2.45, 2.75) is 12.5 Å². The summed E-state index contributed by atoms with van der Waals surface area (Å²) in [6.07, 6.45) is 0. The molecule has 1 aromatic heterocycles. The molecule has 0 aliphatic rings. The molecule has 16 heavy (non-hydrogen) atoms. The molecule has 0 saturated carbocycles. The Balaban J connectivity index is 2.60. The molecule has 1 heterocycles. The minimum atomic E-state index is -1.40. The number of aliphatic hydroxyl groups excluding tert-OH is 1. The standard InChI is InChI=1S/C10H13FN2O3/c1-10(16,6-14)5-12-9(15)7-3-2-4-8(11)13-7/h2-4,14,16H,5-6H2,1H3,(H,12,15). The van der Waals surface area contributed by atoms with Gasteiger partial charge in [-0.05, 0) is 19.1 Å². The predicted octanol–water partition coefficient (Wildman–Crippen LogP) is -0.306. The van der Waals surface area contributed by atoms with E-state index in [0.717, 1.165) is 6.07 Å². The van der Waals surface area contributed by atoms with Gasteiger partial charge in [0.2, 0.25) is 5.95 Å². The molecule has 1 atom stereocenters. The van der Waals surface area contributed by atoms with Gasteiger partial charge < -0.3 is 15.5 Å². The largest absolute Gasteiger partial charge is 0.393 e. The number of aliphatic hydroxyl groups is 2. The van der Waals surface area contributed by atoms with Crippen molar-refractivity contribution in [2.75, 3.05) is 13.2 Å². The van der Waals surface area contributed by atoms with Gasteiger partial charge >= 0.3 is 0 Å². The molecule has 0 spiro atoms. The fraction of sp³-hybridized carbons (Fsp3) is 0.400. The van der Waals surface area contributed by atoms with Crippen LogP contribution in [0.5, 0.6) is 0 Å². The number of rotatable bonds is 4. The highest BCUT2D eigenvalue weighted by Gasteiger charge is 2.20. The summed E-state index contributed by atoms with van der Waals surface area (Å²) < 4.78 is 12.7. The third-order valence-corrected chi connectivity index (χ3v) is 1.92. The third-order valence-electron chi connectivity index (χ3n) is 1.92. The number of carbonyl (C=O) groups is 1. The van der Waals surface area contributed by atoms with Crippen molar-refractivity contribution in [3.8, 4) is 0 Å². The molecule has 88 valence electrons. The Bertz CT molecular complexity index is 382. The number of nitrogens with zero attached hydrogens (tertiary/aromatic N) is 1. The van der Waals surface area contributed by atoms with Crippen LogP contribution in [0.15, 0.2) is 18.2 Å². The molecule has 0 aliphatic carbocycles. The predicted molar refractivity (Wildman–Crippen MR) is 54.2 cm³/mol. The molecule has 0 aliphatic heterocycles. The lowest BCUT2D eigenvalue weighted by Gasteiger charge is -2.20. The highest BCUT2D eigenvalue weighted by Crippen LogP contribution is 2.01. The van der Waals surface area contributed by atoms with Crippen LogP contribution in [-0.2, 0) is 0 Å². The van der Waals surface area contributed by atoms with Crippen LogP contribution in [0.2, 0.25) is 0 Å². The van der Waals surface area contributed by atoms with Crippen molar-refractivity contribution < 1.29 is 19.4 Å². The molecule has 0 aromatic carbocycles. The summed E-state index contributed by atoms with van der Waals surface area (Å²) in [6, 6.07) is 3.84. The molecular weight excluding hydrogens is 215 g/mol. The summed E-state index contributed by atoms with van der Waals surface area (Å²) in [6.45, 7) is 0.747. The number of pyridine rings is 1. The molecule has 3 N–H and O–H groups in total. The van der Waals surface area contributed by atoms with E-state index in [1.165, 1.54) is 19.1 Å². The van der Waals surface area contributed by atoms with Gasteiger partial charge in [-0.2, -0.15) is 4.39 Å². The summed E-state index contributed by atoms with van der Waals surface area (Å²) in [5.74, 6) is -1.35. The first-order valence-corrected chi connectivity index (χ1v) is 4.68. The van der Waals surface area contributed by atoms with E-state index in [4.69, 9.17) is 5.11 Å². The van der Waals surface area contributed by atoms with Crippen LogP contribution >= 0.6 is 0 Å². The molecule has 0 saturated heterocycles. The van der Waals surface area contributed by atoms with Crippen molar-refractivity contribution in [2.24, 2.45) is 0 Å². The lowest BCUT2D eigenvalue weighted by Crippen LogP contribution is -2.43. The third kappa shape index (κ3) is 3.56. The average Bonchev–Trinajstić information content (AvgIpc) is 2.26. The number of amides is 1. The van der Waals surface area contributed by atoms with E-state index in [1.54, 1.807) is 0 Å². The molecule has 0 radical (unpaired) electrons. The Hall–Kier alpha value is -1.53. The maximum absolute atomic E-state index is 12.7. The molecule has 1 unspecified atom stereocenters. The molecule has 1 aromatic rings. The van der Waals surface area contributed by atoms with Crippen LogP contribution in [0.3, 0.4) is 0 Å². The monoisotopic (exact) mass is 228 g/mol. The zero-order chi connectivity index (χ0) is 12.2. The van der Waals surface area contributed by atoms with Gasteiger partial charge in [-0.15, -0.1) is 0 Å². The van der Waals surface area contributed by atoms with Gasteiger partial charge in [0.05, 0.1) is 6.61 Å². The van der Waals surface area contributed by atoms with E-state index in [0.29, 0.717) is 0 Å². The van der Waals surface area contributed by atoms with Crippen molar-refractivity contribution in [1.29, 1.82) is 0 Å². The van der Waals surface area contributed by atoms with Gasteiger partial charge in [0, 0.05) is 6.54 Å². The van der Waals surface area contributed by atoms with E-state index in [1.807, 2.05) is 0 Å². The smallest absolute Gasteiger partial charge is 0.270 e. The molecule has 0 bridgehead atoms. The minimum Gasteiger partial charge on any atom is -0.393 e. The number of carbonyl (C=O) groups excluding carboxylic acids is 1. The minimum absolute atomic E-state index is 0.0752. The van der Waals surface area contributed by atoms with Crippen molar-refractivity contribution in [1.82, 2.24) is 10.3 Å². The Morgan fingerprint density at radius 3 is 2.88 bits per heavy atom.